The van der Waals surface area contributed by atoms with Crippen molar-refractivity contribution >= 4 is 28.3 Å². The van der Waals surface area contributed by atoms with Crippen LogP contribution in [-0.4, -0.2) is 59.4 Å². The number of nitrogens with one attached hydrogen (secondary N) is 1. The number of fused-ring (bicyclic) bond motifs is 1. The number of aliphatic hydroxyl groups is 1. The third kappa shape index (κ3) is 5.54. The van der Waals surface area contributed by atoms with Crippen LogP contribution >= 0.6 is 0 Å². The van der Waals surface area contributed by atoms with Gasteiger partial charge in [-0.2, -0.15) is 0 Å². The molecule has 1 fully saturated rings. The Kier molecular flexibility index (Phi) is 7.29. The average Bonchev–Trinajstić information content (AvgIpc) is 3.36. The van der Waals surface area contributed by atoms with Gasteiger partial charge in [-0.05, 0) is 50.3 Å². The Labute approximate surface area is 195 Å². The van der Waals surface area contributed by atoms with E-state index in [0.29, 0.717) is 5.69 Å². The van der Waals surface area contributed by atoms with Crippen molar-refractivity contribution in [3.63, 3.8) is 0 Å². The second kappa shape index (κ2) is 10.5. The van der Waals surface area contributed by atoms with Gasteiger partial charge >= 0.3 is 6.03 Å². The quantitative estimate of drug-likeness (QED) is 0.530. The zero-order valence-electron chi connectivity index (χ0n) is 19.3. The molecule has 1 aromatic heterocycles. The Bertz CT molecular complexity index is 1080. The predicted molar refractivity (Wildman–Crippen MR) is 132 cm³/mol. The van der Waals surface area contributed by atoms with Crippen LogP contribution in [0.1, 0.15) is 26.7 Å². The number of benzene rings is 2. The molecule has 7 heteroatoms. The molecular formula is C26H32N4O3. The summed E-state index contributed by atoms with van der Waals surface area (Å²) in [6.07, 6.45) is 3.18. The number of aromatic nitrogens is 1. The zero-order valence-corrected chi connectivity index (χ0v) is 19.3. The van der Waals surface area contributed by atoms with Crippen molar-refractivity contribution in [2.75, 3.05) is 36.5 Å². The van der Waals surface area contributed by atoms with Crippen LogP contribution in [0.2, 0.25) is 0 Å². The lowest BCUT2D eigenvalue weighted by molar-refractivity contribution is 0.0722. The summed E-state index contributed by atoms with van der Waals surface area (Å²) in [4.78, 5) is 21.4. The van der Waals surface area contributed by atoms with Crippen LogP contribution in [0.4, 0.5) is 16.3 Å². The largest absolute Gasteiger partial charge is 0.490 e. The van der Waals surface area contributed by atoms with E-state index in [1.165, 1.54) is 0 Å². The molecule has 0 radical (unpaired) electrons. The summed E-state index contributed by atoms with van der Waals surface area (Å²) in [7, 11) is 0. The van der Waals surface area contributed by atoms with E-state index >= 15 is 0 Å². The van der Waals surface area contributed by atoms with Gasteiger partial charge in [-0.15, -0.1) is 0 Å². The van der Waals surface area contributed by atoms with E-state index in [0.717, 1.165) is 48.3 Å². The summed E-state index contributed by atoms with van der Waals surface area (Å²) < 4.78 is 5.92. The fraction of sp³-hybridized carbons (Fsp3) is 0.385. The molecule has 174 valence electrons. The topological polar surface area (TPSA) is 77.9 Å². The van der Waals surface area contributed by atoms with Crippen molar-refractivity contribution in [2.24, 2.45) is 0 Å². The molecule has 0 bridgehead atoms. The lowest BCUT2D eigenvalue weighted by Crippen LogP contribution is -2.46. The molecule has 2 N–H and O–H groups in total. The first-order valence-corrected chi connectivity index (χ1v) is 11.6. The summed E-state index contributed by atoms with van der Waals surface area (Å²) >= 11 is 0. The van der Waals surface area contributed by atoms with Crippen molar-refractivity contribution < 1.29 is 14.6 Å². The standard InChI is InChI=1S/C26H32N4O3/c1-19(2)30(26(32)28-23-12-8-14-27-25(23)29-15-5-6-16-29)17-21(31)18-33-24-13-7-10-20-9-3-4-11-22(20)24/h3-4,7-14,19,21,31H,5-6,15-18H2,1-2H3,(H,28,32). The van der Waals surface area contributed by atoms with Gasteiger partial charge in [0.1, 0.15) is 18.5 Å². The van der Waals surface area contributed by atoms with E-state index in [2.05, 4.69) is 15.2 Å². The predicted octanol–water partition coefficient (Wildman–Crippen LogP) is 4.52. The third-order valence-corrected chi connectivity index (χ3v) is 5.91. The minimum atomic E-state index is -0.830. The molecule has 0 saturated carbocycles. The van der Waals surface area contributed by atoms with Crippen LogP contribution in [0.15, 0.2) is 60.8 Å². The van der Waals surface area contributed by atoms with Crippen molar-refractivity contribution in [1.29, 1.82) is 0 Å². The number of aliphatic hydroxyl groups excluding tert-OH is 1. The van der Waals surface area contributed by atoms with Crippen molar-refractivity contribution in [3.05, 3.63) is 60.8 Å². The molecule has 1 aliphatic rings. The first-order chi connectivity index (χ1) is 16.0. The van der Waals surface area contributed by atoms with Crippen LogP contribution in [-0.2, 0) is 0 Å². The second-order valence-corrected chi connectivity index (χ2v) is 8.69. The molecule has 33 heavy (non-hydrogen) atoms. The number of hydrogen-bond acceptors (Lipinski definition) is 5. The summed E-state index contributed by atoms with van der Waals surface area (Å²) in [5.74, 6) is 1.52. The highest BCUT2D eigenvalue weighted by atomic mass is 16.5. The number of carbonyl (C=O) groups excluding carboxylic acids is 1. The number of hydrogen-bond donors (Lipinski definition) is 2. The number of anilines is 2. The maximum Gasteiger partial charge on any atom is 0.322 e. The monoisotopic (exact) mass is 448 g/mol. The van der Waals surface area contributed by atoms with Gasteiger partial charge in [0.15, 0.2) is 5.82 Å². The maximum atomic E-state index is 13.1. The SMILES string of the molecule is CC(C)N(CC(O)COc1cccc2ccccc12)C(=O)Nc1cccnc1N1CCCC1. The number of amides is 2. The molecule has 2 amide bonds. The van der Waals surface area contributed by atoms with Gasteiger partial charge < -0.3 is 25.0 Å². The Hall–Kier alpha value is -3.32. The number of carbonyl (C=O) groups is 1. The van der Waals surface area contributed by atoms with Gasteiger partial charge in [-0.3, -0.25) is 0 Å². The molecular weight excluding hydrogens is 416 g/mol. The fourth-order valence-corrected chi connectivity index (χ4v) is 4.18. The van der Waals surface area contributed by atoms with Crippen LogP contribution in [0.5, 0.6) is 5.75 Å². The highest BCUT2D eigenvalue weighted by Crippen LogP contribution is 2.27. The number of pyridine rings is 1. The normalized spacial score (nSPS) is 14.5. The average molecular weight is 449 g/mol. The van der Waals surface area contributed by atoms with Crippen LogP contribution < -0.4 is 15.0 Å². The van der Waals surface area contributed by atoms with E-state index in [1.807, 2.05) is 68.4 Å². The second-order valence-electron chi connectivity index (χ2n) is 8.69. The fourth-order valence-electron chi connectivity index (χ4n) is 4.18. The van der Waals surface area contributed by atoms with Gasteiger partial charge in [0.05, 0.1) is 12.2 Å². The molecule has 1 saturated heterocycles. The number of nitrogens with zero attached hydrogens (tertiary/aromatic N) is 3. The van der Waals surface area contributed by atoms with E-state index in [1.54, 1.807) is 11.1 Å². The lowest BCUT2D eigenvalue weighted by Gasteiger charge is -2.30. The van der Waals surface area contributed by atoms with Crippen molar-refractivity contribution in [2.45, 2.75) is 38.8 Å². The number of ether oxygens (including phenoxy) is 1. The Morgan fingerprint density at radius 2 is 1.88 bits per heavy atom. The Balaban J connectivity index is 1.40. The summed E-state index contributed by atoms with van der Waals surface area (Å²) in [6.45, 7) is 6.00. The van der Waals surface area contributed by atoms with Gasteiger partial charge in [0.2, 0.25) is 0 Å². The minimum Gasteiger partial charge on any atom is -0.490 e. The summed E-state index contributed by atoms with van der Waals surface area (Å²) in [5, 5.41) is 15.8. The van der Waals surface area contributed by atoms with Crippen molar-refractivity contribution in [3.8, 4) is 5.75 Å². The van der Waals surface area contributed by atoms with Crippen LogP contribution in [0, 0.1) is 0 Å². The minimum absolute atomic E-state index is 0.0934. The third-order valence-electron chi connectivity index (χ3n) is 5.91. The Morgan fingerprint density at radius 3 is 2.67 bits per heavy atom. The van der Waals surface area contributed by atoms with Crippen LogP contribution in [0.25, 0.3) is 10.8 Å². The lowest BCUT2D eigenvalue weighted by atomic mass is 10.1. The molecule has 0 spiro atoms. The van der Waals surface area contributed by atoms with E-state index in [-0.39, 0.29) is 25.2 Å². The summed E-state index contributed by atoms with van der Waals surface area (Å²) in [6, 6.07) is 17.2. The molecule has 2 aromatic carbocycles. The molecule has 3 aromatic rings. The smallest absolute Gasteiger partial charge is 0.322 e. The maximum absolute atomic E-state index is 13.1. The molecule has 7 nitrogen and oxygen atoms in total. The van der Waals surface area contributed by atoms with Gasteiger partial charge in [-0.25, -0.2) is 9.78 Å². The van der Waals surface area contributed by atoms with Crippen molar-refractivity contribution in [1.82, 2.24) is 9.88 Å². The summed E-state index contributed by atoms with van der Waals surface area (Å²) in [5.41, 5.74) is 0.691. The molecule has 1 unspecified atom stereocenters. The Morgan fingerprint density at radius 1 is 1.12 bits per heavy atom. The molecule has 1 aliphatic heterocycles. The number of urea groups is 1. The number of rotatable bonds is 8. The molecule has 0 aliphatic carbocycles. The van der Waals surface area contributed by atoms with Crippen LogP contribution in [0.3, 0.4) is 0 Å². The van der Waals surface area contributed by atoms with Gasteiger partial charge in [0.25, 0.3) is 0 Å². The molecule has 2 heterocycles. The molecule has 1 atom stereocenters. The van der Waals surface area contributed by atoms with Gasteiger partial charge in [-0.1, -0.05) is 36.4 Å². The van der Waals surface area contributed by atoms with Gasteiger partial charge in [0, 0.05) is 30.7 Å². The van der Waals surface area contributed by atoms with E-state index in [9.17, 15) is 9.90 Å². The highest BCUT2D eigenvalue weighted by molar-refractivity contribution is 5.92. The first kappa shape index (κ1) is 22.9. The van der Waals surface area contributed by atoms with E-state index in [4.69, 9.17) is 4.74 Å². The molecule has 4 rings (SSSR count). The van der Waals surface area contributed by atoms with E-state index < -0.39 is 6.10 Å². The highest BCUT2D eigenvalue weighted by Gasteiger charge is 2.24. The zero-order chi connectivity index (χ0) is 23.2. The first-order valence-electron chi connectivity index (χ1n) is 11.6.